The Balaban J connectivity index is 2.20. The van der Waals surface area contributed by atoms with E-state index in [0.717, 1.165) is 10.2 Å². The van der Waals surface area contributed by atoms with E-state index in [4.69, 9.17) is 4.74 Å². The van der Waals surface area contributed by atoms with Crippen molar-refractivity contribution in [1.29, 1.82) is 0 Å². The first-order valence-corrected chi connectivity index (χ1v) is 6.27. The van der Waals surface area contributed by atoms with Crippen molar-refractivity contribution in [3.05, 3.63) is 28.7 Å². The Hall–Kier alpha value is -1.07. The highest BCUT2D eigenvalue weighted by Gasteiger charge is 2.40. The number of anilines is 1. The highest BCUT2D eigenvalue weighted by Crippen LogP contribution is 2.27. The van der Waals surface area contributed by atoms with Crippen LogP contribution in [0.4, 0.5) is 5.69 Å². The van der Waals surface area contributed by atoms with Crippen LogP contribution in [-0.4, -0.2) is 29.8 Å². The van der Waals surface area contributed by atoms with Crippen molar-refractivity contribution in [2.75, 3.05) is 18.5 Å². The maximum atomic E-state index is 11.4. The van der Waals surface area contributed by atoms with Crippen LogP contribution in [-0.2, 0) is 9.53 Å². The molecule has 92 valence electrons. The molecule has 2 N–H and O–H groups in total. The molecule has 1 heterocycles. The lowest BCUT2D eigenvalue weighted by molar-refractivity contribution is -0.145. The summed E-state index contributed by atoms with van der Waals surface area (Å²) in [7, 11) is 0. The Morgan fingerprint density at radius 2 is 2.12 bits per heavy atom. The van der Waals surface area contributed by atoms with E-state index in [-0.39, 0.29) is 0 Å². The third-order valence-corrected chi connectivity index (χ3v) is 3.46. The minimum Gasteiger partial charge on any atom is -0.480 e. The zero-order chi connectivity index (χ0) is 12.3. The molecule has 1 fully saturated rings. The first kappa shape index (κ1) is 12.4. The van der Waals surface area contributed by atoms with E-state index in [2.05, 4.69) is 21.2 Å². The number of hydrogen-bond acceptors (Lipinski definition) is 3. The van der Waals surface area contributed by atoms with Crippen LogP contribution in [0.5, 0.6) is 0 Å². The number of carbonyl (C=O) groups is 1. The van der Waals surface area contributed by atoms with Gasteiger partial charge in [-0.25, -0.2) is 4.79 Å². The van der Waals surface area contributed by atoms with Gasteiger partial charge in [-0.3, -0.25) is 0 Å². The van der Waals surface area contributed by atoms with E-state index in [0.29, 0.717) is 26.1 Å². The number of aliphatic carboxylic acids is 1. The van der Waals surface area contributed by atoms with Crippen molar-refractivity contribution in [1.82, 2.24) is 0 Å². The lowest BCUT2D eigenvalue weighted by Gasteiger charge is -2.34. The number of ether oxygens (including phenoxy) is 1. The summed E-state index contributed by atoms with van der Waals surface area (Å²) in [5, 5.41) is 12.5. The first-order valence-electron chi connectivity index (χ1n) is 5.47. The van der Waals surface area contributed by atoms with Crippen LogP contribution < -0.4 is 5.32 Å². The maximum Gasteiger partial charge on any atom is 0.329 e. The standard InChI is InChI=1S/C12H14BrNO3/c13-9-2-1-3-10(8-9)14-12(11(15)16)4-6-17-7-5-12/h1-3,8,14H,4-7H2,(H,15,16). The van der Waals surface area contributed by atoms with Gasteiger partial charge < -0.3 is 15.2 Å². The Morgan fingerprint density at radius 1 is 1.41 bits per heavy atom. The van der Waals surface area contributed by atoms with Gasteiger partial charge in [-0.2, -0.15) is 0 Å². The summed E-state index contributed by atoms with van der Waals surface area (Å²) in [4.78, 5) is 11.4. The highest BCUT2D eigenvalue weighted by atomic mass is 79.9. The number of hydrogen-bond donors (Lipinski definition) is 2. The minimum absolute atomic E-state index is 0.479. The third-order valence-electron chi connectivity index (χ3n) is 2.96. The predicted molar refractivity (Wildman–Crippen MR) is 68.2 cm³/mol. The molecule has 0 bridgehead atoms. The maximum absolute atomic E-state index is 11.4. The highest BCUT2D eigenvalue weighted by molar-refractivity contribution is 9.10. The summed E-state index contributed by atoms with van der Waals surface area (Å²) in [6.07, 6.45) is 0.962. The minimum atomic E-state index is -0.904. The molecule has 2 rings (SSSR count). The zero-order valence-electron chi connectivity index (χ0n) is 9.28. The van der Waals surface area contributed by atoms with Crippen LogP contribution in [0.2, 0.25) is 0 Å². The molecular weight excluding hydrogens is 286 g/mol. The van der Waals surface area contributed by atoms with Crippen molar-refractivity contribution in [2.45, 2.75) is 18.4 Å². The van der Waals surface area contributed by atoms with Gasteiger partial charge in [0.15, 0.2) is 0 Å². The van der Waals surface area contributed by atoms with Crippen molar-refractivity contribution in [2.24, 2.45) is 0 Å². The lowest BCUT2D eigenvalue weighted by atomic mass is 9.90. The zero-order valence-corrected chi connectivity index (χ0v) is 10.9. The van der Waals surface area contributed by atoms with Crippen LogP contribution >= 0.6 is 15.9 Å². The van der Waals surface area contributed by atoms with Crippen molar-refractivity contribution < 1.29 is 14.6 Å². The molecule has 17 heavy (non-hydrogen) atoms. The largest absolute Gasteiger partial charge is 0.480 e. The Bertz CT molecular complexity index is 416. The molecule has 5 heteroatoms. The Kier molecular flexibility index (Phi) is 3.69. The summed E-state index contributed by atoms with van der Waals surface area (Å²) in [5.74, 6) is -0.819. The summed E-state index contributed by atoms with van der Waals surface area (Å²) in [6, 6.07) is 7.52. The topological polar surface area (TPSA) is 58.6 Å². The van der Waals surface area contributed by atoms with Crippen LogP contribution in [0, 0.1) is 0 Å². The molecule has 0 unspecified atom stereocenters. The average Bonchev–Trinajstić information content (AvgIpc) is 2.30. The summed E-state index contributed by atoms with van der Waals surface area (Å²) in [6.45, 7) is 0.959. The van der Waals surface area contributed by atoms with Gasteiger partial charge in [0.1, 0.15) is 5.54 Å². The fraction of sp³-hybridized carbons (Fsp3) is 0.417. The van der Waals surface area contributed by atoms with E-state index in [1.54, 1.807) is 0 Å². The second-order valence-electron chi connectivity index (χ2n) is 4.13. The molecule has 4 nitrogen and oxygen atoms in total. The number of benzene rings is 1. The smallest absolute Gasteiger partial charge is 0.329 e. The molecule has 0 aromatic heterocycles. The van der Waals surface area contributed by atoms with Crippen LogP contribution in [0.25, 0.3) is 0 Å². The lowest BCUT2D eigenvalue weighted by Crippen LogP contribution is -2.50. The van der Waals surface area contributed by atoms with Gasteiger partial charge >= 0.3 is 5.97 Å². The second-order valence-corrected chi connectivity index (χ2v) is 5.05. The van der Waals surface area contributed by atoms with Crippen molar-refractivity contribution in [3.63, 3.8) is 0 Å². The average molecular weight is 300 g/mol. The monoisotopic (exact) mass is 299 g/mol. The number of carboxylic acids is 1. The van der Waals surface area contributed by atoms with E-state index >= 15 is 0 Å². The second kappa shape index (κ2) is 5.06. The molecule has 1 aliphatic rings. The first-order chi connectivity index (χ1) is 8.12. The number of halogens is 1. The molecule has 0 aliphatic carbocycles. The van der Waals surface area contributed by atoms with E-state index in [1.807, 2.05) is 24.3 Å². The molecule has 0 atom stereocenters. The molecule has 1 saturated heterocycles. The van der Waals surface area contributed by atoms with E-state index in [1.165, 1.54) is 0 Å². The van der Waals surface area contributed by atoms with Gasteiger partial charge in [-0.15, -0.1) is 0 Å². The van der Waals surface area contributed by atoms with Gasteiger partial charge in [0, 0.05) is 36.2 Å². The fourth-order valence-electron chi connectivity index (χ4n) is 1.95. The summed E-state index contributed by atoms with van der Waals surface area (Å²) < 4.78 is 6.15. The molecule has 0 amide bonds. The molecule has 1 aromatic rings. The van der Waals surface area contributed by atoms with E-state index < -0.39 is 11.5 Å². The van der Waals surface area contributed by atoms with Crippen LogP contribution in [0.15, 0.2) is 28.7 Å². The molecule has 0 saturated carbocycles. The quantitative estimate of drug-likeness (QED) is 0.900. The fourth-order valence-corrected chi connectivity index (χ4v) is 2.35. The van der Waals surface area contributed by atoms with Crippen molar-refractivity contribution >= 4 is 27.6 Å². The molecule has 1 aromatic carbocycles. The van der Waals surface area contributed by atoms with Crippen molar-refractivity contribution in [3.8, 4) is 0 Å². The summed E-state index contributed by atoms with van der Waals surface area (Å²) in [5.41, 5.74) is -0.0948. The molecular formula is C12H14BrNO3. The third kappa shape index (κ3) is 2.79. The van der Waals surface area contributed by atoms with Gasteiger partial charge in [-0.1, -0.05) is 22.0 Å². The normalized spacial score (nSPS) is 18.6. The Morgan fingerprint density at radius 3 is 2.71 bits per heavy atom. The molecule has 1 aliphatic heterocycles. The van der Waals surface area contributed by atoms with Gasteiger partial charge in [0.25, 0.3) is 0 Å². The number of nitrogens with one attached hydrogen (secondary N) is 1. The predicted octanol–water partition coefficient (Wildman–Crippen LogP) is 2.49. The van der Waals surface area contributed by atoms with E-state index in [9.17, 15) is 9.90 Å². The molecule has 0 radical (unpaired) electrons. The number of rotatable bonds is 3. The van der Waals surface area contributed by atoms with Crippen LogP contribution in [0.3, 0.4) is 0 Å². The summed E-state index contributed by atoms with van der Waals surface area (Å²) >= 11 is 3.37. The van der Waals surface area contributed by atoms with Crippen LogP contribution in [0.1, 0.15) is 12.8 Å². The van der Waals surface area contributed by atoms with Gasteiger partial charge in [0.2, 0.25) is 0 Å². The molecule has 0 spiro atoms. The van der Waals surface area contributed by atoms with Gasteiger partial charge in [0.05, 0.1) is 0 Å². The SMILES string of the molecule is O=C(O)C1(Nc2cccc(Br)c2)CCOCC1. The van der Waals surface area contributed by atoms with Gasteiger partial charge in [-0.05, 0) is 18.2 Å². The number of carboxylic acid groups (broad SMARTS) is 1. The Labute approximate surface area is 108 Å².